The second kappa shape index (κ2) is 8.78. The molecule has 134 valence electrons. The Hall–Kier alpha value is -0.940. The number of hydrogen-bond donors (Lipinski definition) is 2. The van der Waals surface area contributed by atoms with Crippen LogP contribution >= 0.6 is 0 Å². The van der Waals surface area contributed by atoms with Gasteiger partial charge in [0, 0.05) is 6.54 Å². The Morgan fingerprint density at radius 1 is 1.26 bits per heavy atom. The van der Waals surface area contributed by atoms with Crippen LogP contribution < -0.4 is 10.0 Å². The van der Waals surface area contributed by atoms with Crippen LogP contribution in [0.3, 0.4) is 0 Å². The maximum absolute atomic E-state index is 11.3. The van der Waals surface area contributed by atoms with E-state index in [9.17, 15) is 13.2 Å². The summed E-state index contributed by atoms with van der Waals surface area (Å²) in [5, 5.41) is 2.49. The molecule has 0 aliphatic carbocycles. The van der Waals surface area contributed by atoms with Crippen molar-refractivity contribution >= 4 is 16.1 Å². The number of carbonyl (C=O) groups is 1. The Bertz CT molecular complexity index is 477. The van der Waals surface area contributed by atoms with Crippen molar-refractivity contribution < 1.29 is 32.2 Å². The van der Waals surface area contributed by atoms with Crippen molar-refractivity contribution in [3.05, 3.63) is 0 Å². The van der Waals surface area contributed by atoms with E-state index < -0.39 is 16.1 Å². The van der Waals surface area contributed by atoms with Crippen LogP contribution in [0.5, 0.6) is 0 Å². The molecule has 2 heterocycles. The number of amides is 2. The van der Waals surface area contributed by atoms with Gasteiger partial charge in [0.1, 0.15) is 12.2 Å². The molecule has 2 amide bonds. The lowest BCUT2D eigenvalue weighted by Gasteiger charge is -2.17. The van der Waals surface area contributed by atoms with Crippen molar-refractivity contribution in [2.24, 2.45) is 0 Å². The number of rotatable bonds is 12. The lowest BCUT2D eigenvalue weighted by molar-refractivity contribution is -0.0284. The molecule has 2 rings (SSSR count). The average molecular weight is 352 g/mol. The molecule has 2 fully saturated rings. The lowest BCUT2D eigenvalue weighted by Crippen LogP contribution is -2.39. The SMILES string of the molecule is CS(=O)(=O)NC(=O)NCCCC(COCC1CO1)OCC1CO1. The second-order valence-electron chi connectivity index (χ2n) is 5.68. The molecular weight excluding hydrogens is 328 g/mol. The van der Waals surface area contributed by atoms with Crippen LogP contribution in [0, 0.1) is 0 Å². The van der Waals surface area contributed by atoms with Crippen LogP contribution in [-0.2, 0) is 29.0 Å². The van der Waals surface area contributed by atoms with Crippen LogP contribution in [0.4, 0.5) is 4.79 Å². The summed E-state index contributed by atoms with van der Waals surface area (Å²) in [5.74, 6) is 0. The number of carbonyl (C=O) groups excluding carboxylic acids is 1. The third kappa shape index (κ3) is 9.72. The van der Waals surface area contributed by atoms with Gasteiger partial charge in [-0.25, -0.2) is 17.9 Å². The topological polar surface area (TPSA) is 119 Å². The molecular formula is C13H24N2O7S. The summed E-state index contributed by atoms with van der Waals surface area (Å²) < 4.78 is 45.1. The number of sulfonamides is 1. The maximum atomic E-state index is 11.3. The predicted molar refractivity (Wildman–Crippen MR) is 80.7 cm³/mol. The Labute approximate surface area is 136 Å². The number of hydrogen-bond acceptors (Lipinski definition) is 7. The molecule has 2 N–H and O–H groups in total. The first-order valence-corrected chi connectivity index (χ1v) is 9.49. The third-order valence-electron chi connectivity index (χ3n) is 3.20. The van der Waals surface area contributed by atoms with Gasteiger partial charge in [-0.15, -0.1) is 0 Å². The van der Waals surface area contributed by atoms with Crippen molar-refractivity contribution in [1.82, 2.24) is 10.0 Å². The first-order valence-electron chi connectivity index (χ1n) is 7.60. The van der Waals surface area contributed by atoms with Crippen LogP contribution in [0.2, 0.25) is 0 Å². The highest BCUT2D eigenvalue weighted by atomic mass is 32.2. The highest BCUT2D eigenvalue weighted by molar-refractivity contribution is 7.89. The van der Waals surface area contributed by atoms with E-state index in [2.05, 4.69) is 5.32 Å². The predicted octanol–water partition coefficient (Wildman–Crippen LogP) is -0.775. The van der Waals surface area contributed by atoms with E-state index in [-0.39, 0.29) is 18.3 Å². The smallest absolute Gasteiger partial charge is 0.328 e. The normalized spacial score (nSPS) is 24.0. The fourth-order valence-electron chi connectivity index (χ4n) is 1.85. The van der Waals surface area contributed by atoms with E-state index in [4.69, 9.17) is 18.9 Å². The fraction of sp³-hybridized carbons (Fsp3) is 0.923. The first-order chi connectivity index (χ1) is 10.9. The van der Waals surface area contributed by atoms with Gasteiger partial charge in [0.05, 0.1) is 45.4 Å². The standard InChI is InChI=1S/C13H24N2O7S/c1-23(17,18)15-13(16)14-4-2-3-10(20-8-12-9-22-12)5-19-6-11-7-21-11/h10-12H,2-9H2,1H3,(H2,14,15,16). The van der Waals surface area contributed by atoms with Crippen LogP contribution in [-0.4, -0.2) is 78.6 Å². The van der Waals surface area contributed by atoms with E-state index in [0.29, 0.717) is 39.2 Å². The highest BCUT2D eigenvalue weighted by Gasteiger charge is 2.26. The summed E-state index contributed by atoms with van der Waals surface area (Å²) in [6.45, 7) is 3.40. The second-order valence-corrected chi connectivity index (χ2v) is 7.42. The van der Waals surface area contributed by atoms with Gasteiger partial charge in [-0.3, -0.25) is 0 Å². The van der Waals surface area contributed by atoms with Crippen molar-refractivity contribution in [3.8, 4) is 0 Å². The zero-order chi connectivity index (χ0) is 16.7. The van der Waals surface area contributed by atoms with Gasteiger partial charge in [0.15, 0.2) is 0 Å². The molecule has 3 atom stereocenters. The largest absolute Gasteiger partial charge is 0.376 e. The van der Waals surface area contributed by atoms with Gasteiger partial charge in [-0.2, -0.15) is 0 Å². The van der Waals surface area contributed by atoms with Crippen molar-refractivity contribution in [2.75, 3.05) is 45.8 Å². The van der Waals surface area contributed by atoms with Crippen LogP contribution in [0.1, 0.15) is 12.8 Å². The molecule has 2 saturated heterocycles. The van der Waals surface area contributed by atoms with E-state index >= 15 is 0 Å². The Morgan fingerprint density at radius 2 is 1.91 bits per heavy atom. The number of ether oxygens (including phenoxy) is 4. The third-order valence-corrected chi connectivity index (χ3v) is 3.75. The van der Waals surface area contributed by atoms with Crippen molar-refractivity contribution in [3.63, 3.8) is 0 Å². The van der Waals surface area contributed by atoms with Crippen molar-refractivity contribution in [1.29, 1.82) is 0 Å². The minimum atomic E-state index is -3.53. The summed E-state index contributed by atoms with van der Waals surface area (Å²) in [6, 6.07) is -0.724. The minimum absolute atomic E-state index is 0.0854. The molecule has 9 nitrogen and oxygen atoms in total. The Kier molecular flexibility index (Phi) is 7.03. The zero-order valence-corrected chi connectivity index (χ0v) is 14.0. The molecule has 0 aromatic heterocycles. The van der Waals surface area contributed by atoms with Gasteiger partial charge in [-0.05, 0) is 12.8 Å². The fourth-order valence-corrected chi connectivity index (χ4v) is 2.26. The molecule has 2 aliphatic rings. The molecule has 2 aliphatic heterocycles. The first kappa shape index (κ1) is 18.4. The van der Waals surface area contributed by atoms with E-state index in [0.717, 1.165) is 19.5 Å². The summed E-state index contributed by atoms with van der Waals surface area (Å²) >= 11 is 0. The minimum Gasteiger partial charge on any atom is -0.376 e. The van der Waals surface area contributed by atoms with E-state index in [1.807, 2.05) is 4.72 Å². The molecule has 0 bridgehead atoms. The molecule has 0 aromatic carbocycles. The molecule has 0 radical (unpaired) electrons. The van der Waals surface area contributed by atoms with Gasteiger partial charge in [-0.1, -0.05) is 0 Å². The van der Waals surface area contributed by atoms with Gasteiger partial charge >= 0.3 is 6.03 Å². The molecule has 0 spiro atoms. The van der Waals surface area contributed by atoms with E-state index in [1.165, 1.54) is 0 Å². The van der Waals surface area contributed by atoms with Crippen LogP contribution in [0.15, 0.2) is 0 Å². The quantitative estimate of drug-likeness (QED) is 0.349. The number of epoxide rings is 2. The molecule has 10 heteroatoms. The highest BCUT2D eigenvalue weighted by Crippen LogP contribution is 2.13. The number of nitrogens with one attached hydrogen (secondary N) is 2. The maximum Gasteiger partial charge on any atom is 0.328 e. The molecule has 0 saturated carbocycles. The summed E-state index contributed by atoms with van der Waals surface area (Å²) in [6.07, 6.45) is 2.58. The van der Waals surface area contributed by atoms with Gasteiger partial charge in [0.2, 0.25) is 10.0 Å². The van der Waals surface area contributed by atoms with E-state index in [1.54, 1.807) is 0 Å². The van der Waals surface area contributed by atoms with Crippen LogP contribution in [0.25, 0.3) is 0 Å². The summed E-state index contributed by atoms with van der Waals surface area (Å²) in [4.78, 5) is 11.3. The molecule has 3 unspecified atom stereocenters. The van der Waals surface area contributed by atoms with Gasteiger partial charge < -0.3 is 24.3 Å². The Morgan fingerprint density at radius 3 is 2.52 bits per heavy atom. The average Bonchev–Trinajstić information content (AvgIpc) is 3.32. The summed E-state index contributed by atoms with van der Waals surface area (Å²) in [5.41, 5.74) is 0. The zero-order valence-electron chi connectivity index (χ0n) is 13.2. The molecule has 0 aromatic rings. The Balaban J connectivity index is 1.57. The molecule has 23 heavy (non-hydrogen) atoms. The van der Waals surface area contributed by atoms with Gasteiger partial charge in [0.25, 0.3) is 0 Å². The van der Waals surface area contributed by atoms with Crippen molar-refractivity contribution in [2.45, 2.75) is 31.2 Å². The monoisotopic (exact) mass is 352 g/mol. The summed E-state index contributed by atoms with van der Waals surface area (Å²) in [7, 11) is -3.53. The number of urea groups is 1. The lowest BCUT2D eigenvalue weighted by atomic mass is 10.2.